The molecule has 28 heavy (non-hydrogen) atoms. The first kappa shape index (κ1) is 20.7. The number of aliphatic hydroxyl groups excluding tert-OH is 1. The lowest BCUT2D eigenvalue weighted by molar-refractivity contribution is -0.207. The van der Waals surface area contributed by atoms with Crippen LogP contribution in [0.3, 0.4) is 0 Å². The molecule has 2 atom stereocenters. The minimum atomic E-state index is -0.849. The first-order chi connectivity index (χ1) is 13.3. The van der Waals surface area contributed by atoms with Crippen LogP contribution in [0.1, 0.15) is 58.8 Å². The molecule has 3 N–H and O–H groups in total. The highest BCUT2D eigenvalue weighted by Gasteiger charge is 2.54. The maximum absolute atomic E-state index is 12.6. The molecule has 2 fully saturated rings. The van der Waals surface area contributed by atoms with Crippen molar-refractivity contribution in [2.75, 3.05) is 19.7 Å². The van der Waals surface area contributed by atoms with Crippen molar-refractivity contribution in [3.8, 4) is 0 Å². The van der Waals surface area contributed by atoms with Crippen molar-refractivity contribution in [1.82, 2.24) is 15.6 Å². The number of hydrogen-bond acceptors (Lipinski definition) is 6. The van der Waals surface area contributed by atoms with E-state index in [9.17, 15) is 19.5 Å². The maximum atomic E-state index is 12.6. The van der Waals surface area contributed by atoms with Crippen LogP contribution in [0.4, 0.5) is 0 Å². The summed E-state index contributed by atoms with van der Waals surface area (Å²) in [6, 6.07) is 0. The van der Waals surface area contributed by atoms with E-state index in [4.69, 9.17) is 4.74 Å². The average molecular weight is 394 g/mol. The highest BCUT2D eigenvalue weighted by atomic mass is 16.5. The monoisotopic (exact) mass is 394 g/mol. The van der Waals surface area contributed by atoms with E-state index in [1.54, 1.807) is 4.90 Å². The van der Waals surface area contributed by atoms with Gasteiger partial charge in [0, 0.05) is 39.0 Å². The van der Waals surface area contributed by atoms with Crippen LogP contribution in [0.2, 0.25) is 0 Å². The van der Waals surface area contributed by atoms with E-state index in [0.717, 1.165) is 6.42 Å². The summed E-state index contributed by atoms with van der Waals surface area (Å²) in [5.41, 5.74) is 1.20. The van der Waals surface area contributed by atoms with Crippen molar-refractivity contribution < 1.29 is 24.2 Å². The molecule has 0 aromatic rings. The summed E-state index contributed by atoms with van der Waals surface area (Å²) in [7, 11) is 0. The number of ether oxygens (including phenoxy) is 1. The summed E-state index contributed by atoms with van der Waals surface area (Å²) >= 11 is 0. The third-order valence-corrected chi connectivity index (χ3v) is 6.06. The van der Waals surface area contributed by atoms with Crippen LogP contribution in [0.25, 0.3) is 0 Å². The zero-order valence-electron chi connectivity index (χ0n) is 16.6. The molecule has 3 amide bonds. The molecule has 2 saturated heterocycles. The fourth-order valence-electron chi connectivity index (χ4n) is 4.32. The molecular weight excluding hydrogens is 364 g/mol. The van der Waals surface area contributed by atoms with E-state index in [0.29, 0.717) is 57.5 Å². The molecule has 0 aromatic carbocycles. The van der Waals surface area contributed by atoms with Crippen molar-refractivity contribution in [2.24, 2.45) is 5.10 Å². The second-order valence-electron chi connectivity index (χ2n) is 8.17. The van der Waals surface area contributed by atoms with Gasteiger partial charge in [-0.15, -0.1) is 0 Å². The van der Waals surface area contributed by atoms with Gasteiger partial charge in [0.15, 0.2) is 0 Å². The number of carbonyl (C=O) groups excluding carboxylic acids is 3. The Labute approximate surface area is 164 Å². The molecule has 1 spiro atoms. The molecule has 9 heteroatoms. The van der Waals surface area contributed by atoms with Gasteiger partial charge in [0.2, 0.25) is 11.8 Å². The molecule has 3 heterocycles. The summed E-state index contributed by atoms with van der Waals surface area (Å²) in [5, 5.41) is 18.0. The molecule has 3 rings (SSSR count). The minimum Gasteiger partial charge on any atom is -0.388 e. The Balaban J connectivity index is 1.64. The van der Waals surface area contributed by atoms with E-state index in [1.165, 1.54) is 0 Å². The Morgan fingerprint density at radius 2 is 2.04 bits per heavy atom. The van der Waals surface area contributed by atoms with Crippen LogP contribution in [-0.2, 0) is 19.1 Å². The quantitative estimate of drug-likeness (QED) is 0.623. The van der Waals surface area contributed by atoms with Gasteiger partial charge in [0.05, 0.1) is 11.1 Å². The number of rotatable bonds is 4. The third-order valence-electron chi connectivity index (χ3n) is 6.06. The summed E-state index contributed by atoms with van der Waals surface area (Å²) < 4.78 is 6.02. The minimum absolute atomic E-state index is 0.0638. The predicted octanol–water partition coefficient (Wildman–Crippen LogP) is 0.0698. The topological polar surface area (TPSA) is 120 Å². The highest BCUT2D eigenvalue weighted by Crippen LogP contribution is 2.40. The van der Waals surface area contributed by atoms with E-state index < -0.39 is 17.2 Å². The van der Waals surface area contributed by atoms with Gasteiger partial charge in [-0.1, -0.05) is 6.92 Å². The second kappa shape index (κ2) is 8.16. The van der Waals surface area contributed by atoms with Crippen molar-refractivity contribution in [2.45, 2.75) is 76.0 Å². The van der Waals surface area contributed by atoms with Crippen LogP contribution in [-0.4, -0.2) is 70.4 Å². The number of likely N-dealkylation sites (tertiary alicyclic amines) is 1. The largest absolute Gasteiger partial charge is 0.388 e. The van der Waals surface area contributed by atoms with Crippen LogP contribution in [0.15, 0.2) is 5.10 Å². The van der Waals surface area contributed by atoms with Gasteiger partial charge in [-0.2, -0.15) is 5.10 Å². The Hall–Kier alpha value is -2.00. The van der Waals surface area contributed by atoms with Gasteiger partial charge in [-0.05, 0) is 32.6 Å². The molecule has 0 radical (unpaired) electrons. The second-order valence-corrected chi connectivity index (χ2v) is 8.17. The van der Waals surface area contributed by atoms with E-state index >= 15 is 0 Å². The number of aliphatic hydroxyl groups is 1. The molecule has 0 aliphatic carbocycles. The lowest BCUT2D eigenvalue weighted by atomic mass is 9.73. The van der Waals surface area contributed by atoms with Gasteiger partial charge >= 0.3 is 0 Å². The maximum Gasteiger partial charge on any atom is 0.270 e. The van der Waals surface area contributed by atoms with Crippen LogP contribution >= 0.6 is 0 Å². The Kier molecular flexibility index (Phi) is 6.04. The molecule has 156 valence electrons. The number of hydrazone groups is 1. The Bertz CT molecular complexity index is 671. The Morgan fingerprint density at radius 1 is 1.32 bits per heavy atom. The first-order valence-corrected chi connectivity index (χ1v) is 10.1. The molecule has 3 aliphatic heterocycles. The zero-order chi connectivity index (χ0) is 20.4. The number of hydrogen-bond donors (Lipinski definition) is 3. The molecule has 9 nitrogen and oxygen atoms in total. The standard InChI is InChI=1S/C19H30N4O5/c1-3-4-14(24)20-18(2)9-12-28-19(17(18)27)7-10-23(11-8-19)16(26)13-5-6-15(25)22-21-13/h17,27H,3-12H2,1-2H3,(H,20,24)(H,22,25)/t17-,18+/m0/s1. The van der Waals surface area contributed by atoms with Crippen LogP contribution < -0.4 is 10.7 Å². The number of piperidine rings is 1. The first-order valence-electron chi connectivity index (χ1n) is 10.1. The summed E-state index contributed by atoms with van der Waals surface area (Å²) in [5.74, 6) is -0.428. The third kappa shape index (κ3) is 4.05. The zero-order valence-corrected chi connectivity index (χ0v) is 16.6. The SMILES string of the molecule is CCCC(=O)N[C@]1(C)CCOC2(CCN(C(=O)C3=NNC(=O)CC3)CC2)[C@H]1O. The van der Waals surface area contributed by atoms with Crippen molar-refractivity contribution >= 4 is 23.4 Å². The Morgan fingerprint density at radius 3 is 2.64 bits per heavy atom. The molecule has 0 aromatic heterocycles. The predicted molar refractivity (Wildman–Crippen MR) is 101 cm³/mol. The van der Waals surface area contributed by atoms with Gasteiger partial charge < -0.3 is 20.1 Å². The van der Waals surface area contributed by atoms with Crippen molar-refractivity contribution in [3.05, 3.63) is 0 Å². The van der Waals surface area contributed by atoms with Crippen molar-refractivity contribution in [1.29, 1.82) is 0 Å². The van der Waals surface area contributed by atoms with Gasteiger partial charge in [0.1, 0.15) is 11.8 Å². The lowest BCUT2D eigenvalue weighted by Gasteiger charge is -2.53. The van der Waals surface area contributed by atoms with E-state index in [2.05, 4.69) is 15.8 Å². The highest BCUT2D eigenvalue weighted by molar-refractivity contribution is 6.39. The molecular formula is C19H30N4O5. The average Bonchev–Trinajstić information content (AvgIpc) is 2.67. The van der Waals surface area contributed by atoms with Crippen LogP contribution in [0.5, 0.6) is 0 Å². The van der Waals surface area contributed by atoms with Gasteiger partial charge in [-0.3, -0.25) is 14.4 Å². The van der Waals surface area contributed by atoms with Crippen LogP contribution in [0, 0.1) is 0 Å². The smallest absolute Gasteiger partial charge is 0.270 e. The molecule has 3 aliphatic rings. The summed E-state index contributed by atoms with van der Waals surface area (Å²) in [6.07, 6.45) is 2.45. The van der Waals surface area contributed by atoms with E-state index in [1.807, 2.05) is 13.8 Å². The summed E-state index contributed by atoms with van der Waals surface area (Å²) in [6.45, 7) is 5.13. The lowest BCUT2D eigenvalue weighted by Crippen LogP contribution is -2.69. The number of carbonyl (C=O) groups is 3. The molecule has 0 saturated carbocycles. The fraction of sp³-hybridized carbons (Fsp3) is 0.789. The number of nitrogens with zero attached hydrogens (tertiary/aromatic N) is 2. The molecule has 0 bridgehead atoms. The molecule has 0 unspecified atom stereocenters. The number of nitrogens with one attached hydrogen (secondary N) is 2. The van der Waals surface area contributed by atoms with E-state index in [-0.39, 0.29) is 24.1 Å². The van der Waals surface area contributed by atoms with Gasteiger partial charge in [-0.25, -0.2) is 5.43 Å². The van der Waals surface area contributed by atoms with Gasteiger partial charge in [0.25, 0.3) is 5.91 Å². The normalized spacial score (nSPS) is 29.8. The number of amides is 3. The van der Waals surface area contributed by atoms with Crippen molar-refractivity contribution in [3.63, 3.8) is 0 Å². The summed E-state index contributed by atoms with van der Waals surface area (Å²) in [4.78, 5) is 37.7. The fourth-order valence-corrected chi connectivity index (χ4v) is 4.32.